The van der Waals surface area contributed by atoms with Crippen LogP contribution in [0.3, 0.4) is 0 Å². The molecule has 1 N–H and O–H groups in total. The minimum atomic E-state index is -0.853. The van der Waals surface area contributed by atoms with Crippen LogP contribution in [0.1, 0.15) is 24.0 Å². The molecule has 1 aromatic rings. The van der Waals surface area contributed by atoms with Gasteiger partial charge in [-0.2, -0.15) is 0 Å². The zero-order chi connectivity index (χ0) is 14.0. The summed E-state index contributed by atoms with van der Waals surface area (Å²) in [6.45, 7) is 0.352. The zero-order valence-corrected chi connectivity index (χ0v) is 11.4. The van der Waals surface area contributed by atoms with Gasteiger partial charge in [-0.15, -0.1) is 0 Å². The van der Waals surface area contributed by atoms with Gasteiger partial charge in [-0.25, -0.2) is 0 Å². The summed E-state index contributed by atoms with van der Waals surface area (Å²) >= 11 is 0. The molecule has 1 fully saturated rings. The van der Waals surface area contributed by atoms with E-state index in [0.29, 0.717) is 36.5 Å². The van der Waals surface area contributed by atoms with E-state index in [9.17, 15) is 9.90 Å². The predicted molar refractivity (Wildman–Crippen MR) is 68.8 cm³/mol. The van der Waals surface area contributed by atoms with E-state index >= 15 is 0 Å². The lowest BCUT2D eigenvalue weighted by Gasteiger charge is -2.21. The highest BCUT2D eigenvalue weighted by Gasteiger charge is 2.55. The summed E-state index contributed by atoms with van der Waals surface area (Å²) in [6.07, 6.45) is 1.23. The average molecular weight is 266 g/mol. The molecule has 1 aliphatic rings. The Morgan fingerprint density at radius 3 is 2.37 bits per heavy atom. The van der Waals surface area contributed by atoms with Crippen LogP contribution in [0.25, 0.3) is 0 Å². The maximum atomic E-state index is 11.6. The molecule has 0 saturated heterocycles. The van der Waals surface area contributed by atoms with Crippen LogP contribution in [0.5, 0.6) is 11.5 Å². The van der Waals surface area contributed by atoms with Crippen molar-refractivity contribution in [3.63, 3.8) is 0 Å². The van der Waals surface area contributed by atoms with Gasteiger partial charge in [-0.05, 0) is 24.5 Å². The van der Waals surface area contributed by atoms with Crippen molar-refractivity contribution >= 4 is 5.97 Å². The smallest absolute Gasteiger partial charge is 0.314 e. The predicted octanol–water partition coefficient (Wildman–Crippen LogP) is 1.97. The Bertz CT molecular complexity index is 491. The molecular formula is C14H18O5. The Hall–Kier alpha value is -1.75. The average Bonchev–Trinajstić information content (AvgIpc) is 3.19. The molecular weight excluding hydrogens is 248 g/mol. The van der Waals surface area contributed by atoms with Gasteiger partial charge in [0.15, 0.2) is 11.5 Å². The minimum Gasteiger partial charge on any atom is -0.493 e. The molecule has 0 bridgehead atoms. The molecule has 19 heavy (non-hydrogen) atoms. The number of methoxy groups -OCH3 is 3. The Balaban J connectivity index is 2.63. The highest BCUT2D eigenvalue weighted by atomic mass is 16.5. The van der Waals surface area contributed by atoms with Gasteiger partial charge in [0.1, 0.15) is 0 Å². The van der Waals surface area contributed by atoms with E-state index < -0.39 is 11.4 Å². The second-order valence-electron chi connectivity index (χ2n) is 4.66. The van der Waals surface area contributed by atoms with Crippen LogP contribution in [0.4, 0.5) is 0 Å². The quantitative estimate of drug-likeness (QED) is 0.852. The molecule has 1 aromatic carbocycles. The van der Waals surface area contributed by atoms with Crippen molar-refractivity contribution in [2.75, 3.05) is 21.3 Å². The largest absolute Gasteiger partial charge is 0.493 e. The zero-order valence-electron chi connectivity index (χ0n) is 11.4. The van der Waals surface area contributed by atoms with E-state index in [0.717, 1.165) is 5.56 Å². The lowest BCUT2D eigenvalue weighted by atomic mass is 9.90. The van der Waals surface area contributed by atoms with Gasteiger partial charge in [0.2, 0.25) is 0 Å². The standard InChI is InChI=1S/C14H18O5/c1-17-8-9-4-5-10(18-2)12(19-3)11(9)14(6-7-14)13(15)16/h4-5H,6-8H2,1-3H3,(H,15,16). The maximum absolute atomic E-state index is 11.6. The number of hydrogen-bond donors (Lipinski definition) is 1. The molecule has 1 aliphatic carbocycles. The van der Waals surface area contributed by atoms with Gasteiger partial charge in [-0.3, -0.25) is 4.79 Å². The van der Waals surface area contributed by atoms with Crippen LogP contribution in [0.2, 0.25) is 0 Å². The van der Waals surface area contributed by atoms with Gasteiger partial charge in [0.25, 0.3) is 0 Å². The fraction of sp³-hybridized carbons (Fsp3) is 0.500. The summed E-state index contributed by atoms with van der Waals surface area (Å²) in [5, 5.41) is 9.50. The van der Waals surface area contributed by atoms with E-state index in [1.165, 1.54) is 14.2 Å². The Labute approximate surface area is 112 Å². The van der Waals surface area contributed by atoms with E-state index in [4.69, 9.17) is 14.2 Å². The molecule has 0 amide bonds. The minimum absolute atomic E-state index is 0.352. The molecule has 5 nitrogen and oxygen atoms in total. The topological polar surface area (TPSA) is 65.0 Å². The molecule has 0 unspecified atom stereocenters. The summed E-state index contributed by atoms with van der Waals surface area (Å²) in [7, 11) is 4.65. The lowest BCUT2D eigenvalue weighted by molar-refractivity contribution is -0.140. The summed E-state index contributed by atoms with van der Waals surface area (Å²) in [6, 6.07) is 3.61. The number of ether oxygens (including phenoxy) is 3. The Kier molecular flexibility index (Phi) is 3.66. The maximum Gasteiger partial charge on any atom is 0.314 e. The highest BCUT2D eigenvalue weighted by molar-refractivity contribution is 5.87. The first-order valence-electron chi connectivity index (χ1n) is 6.07. The molecule has 0 aliphatic heterocycles. The van der Waals surface area contributed by atoms with Gasteiger partial charge in [0.05, 0.1) is 26.2 Å². The van der Waals surface area contributed by atoms with Crippen LogP contribution in [0, 0.1) is 0 Å². The van der Waals surface area contributed by atoms with Gasteiger partial charge >= 0.3 is 5.97 Å². The number of rotatable bonds is 6. The number of benzene rings is 1. The normalized spacial score (nSPS) is 15.9. The first-order chi connectivity index (χ1) is 9.10. The molecule has 2 rings (SSSR count). The van der Waals surface area contributed by atoms with Crippen molar-refractivity contribution in [3.8, 4) is 11.5 Å². The summed E-state index contributed by atoms with van der Waals surface area (Å²) in [5.41, 5.74) is 0.664. The number of carboxylic acid groups (broad SMARTS) is 1. The van der Waals surface area contributed by atoms with Gasteiger partial charge < -0.3 is 19.3 Å². The van der Waals surface area contributed by atoms with Crippen LogP contribution >= 0.6 is 0 Å². The summed E-state index contributed by atoms with van der Waals surface area (Å²) < 4.78 is 15.8. The van der Waals surface area contributed by atoms with Crippen LogP contribution in [-0.2, 0) is 21.6 Å². The van der Waals surface area contributed by atoms with E-state index in [2.05, 4.69) is 0 Å². The van der Waals surface area contributed by atoms with Crippen molar-refractivity contribution in [2.24, 2.45) is 0 Å². The molecule has 5 heteroatoms. The number of hydrogen-bond acceptors (Lipinski definition) is 4. The van der Waals surface area contributed by atoms with Crippen LogP contribution < -0.4 is 9.47 Å². The summed E-state index contributed by atoms with van der Waals surface area (Å²) in [5.74, 6) is 0.221. The molecule has 0 heterocycles. The first kappa shape index (κ1) is 13.7. The third-order valence-electron chi connectivity index (χ3n) is 3.57. The molecule has 0 atom stereocenters. The Morgan fingerprint density at radius 2 is 1.95 bits per heavy atom. The second-order valence-corrected chi connectivity index (χ2v) is 4.66. The van der Waals surface area contributed by atoms with Gasteiger partial charge in [0, 0.05) is 12.7 Å². The van der Waals surface area contributed by atoms with Crippen molar-refractivity contribution in [1.82, 2.24) is 0 Å². The Morgan fingerprint density at radius 1 is 1.26 bits per heavy atom. The first-order valence-corrected chi connectivity index (χ1v) is 6.07. The molecule has 0 aromatic heterocycles. The number of aliphatic carboxylic acids is 1. The summed E-state index contributed by atoms with van der Waals surface area (Å²) in [4.78, 5) is 11.6. The molecule has 104 valence electrons. The highest BCUT2D eigenvalue weighted by Crippen LogP contribution is 2.54. The van der Waals surface area contributed by atoms with Gasteiger partial charge in [-0.1, -0.05) is 6.07 Å². The molecule has 0 spiro atoms. The number of carboxylic acids is 1. The van der Waals surface area contributed by atoms with E-state index in [1.807, 2.05) is 6.07 Å². The third kappa shape index (κ3) is 2.14. The van der Waals surface area contributed by atoms with Crippen molar-refractivity contribution in [1.29, 1.82) is 0 Å². The fourth-order valence-electron chi connectivity index (χ4n) is 2.46. The van der Waals surface area contributed by atoms with E-state index in [1.54, 1.807) is 13.2 Å². The van der Waals surface area contributed by atoms with Crippen LogP contribution in [0.15, 0.2) is 12.1 Å². The third-order valence-corrected chi connectivity index (χ3v) is 3.57. The monoisotopic (exact) mass is 266 g/mol. The molecule has 0 radical (unpaired) electrons. The lowest BCUT2D eigenvalue weighted by Crippen LogP contribution is -2.22. The van der Waals surface area contributed by atoms with Crippen molar-refractivity contribution in [2.45, 2.75) is 24.9 Å². The molecule has 1 saturated carbocycles. The van der Waals surface area contributed by atoms with E-state index in [-0.39, 0.29) is 0 Å². The fourth-order valence-corrected chi connectivity index (χ4v) is 2.46. The van der Waals surface area contributed by atoms with Crippen molar-refractivity contribution < 1.29 is 24.1 Å². The SMILES string of the molecule is COCc1ccc(OC)c(OC)c1C1(C(=O)O)CC1. The van der Waals surface area contributed by atoms with Crippen LogP contribution in [-0.4, -0.2) is 32.4 Å². The van der Waals surface area contributed by atoms with Crippen molar-refractivity contribution in [3.05, 3.63) is 23.3 Å². The number of carbonyl (C=O) groups is 1. The second kappa shape index (κ2) is 5.09.